The number of aromatic amines is 1. The summed E-state index contributed by atoms with van der Waals surface area (Å²) in [6, 6.07) is 4.92. The number of amides is 2. The van der Waals surface area contributed by atoms with Crippen LogP contribution < -0.4 is 10.6 Å². The van der Waals surface area contributed by atoms with Gasteiger partial charge in [0.05, 0.1) is 12.1 Å². The zero-order valence-corrected chi connectivity index (χ0v) is 21.9. The number of rotatable bonds is 7. The average molecular weight is 498 g/mol. The van der Waals surface area contributed by atoms with E-state index in [0.29, 0.717) is 18.6 Å². The maximum atomic E-state index is 14.0. The van der Waals surface area contributed by atoms with E-state index in [1.54, 1.807) is 20.0 Å². The predicted octanol–water partition coefficient (Wildman–Crippen LogP) is 3.37. The van der Waals surface area contributed by atoms with Crippen molar-refractivity contribution in [1.82, 2.24) is 25.4 Å². The van der Waals surface area contributed by atoms with E-state index in [-0.39, 0.29) is 41.6 Å². The lowest BCUT2D eigenvalue weighted by Crippen LogP contribution is -2.56. The molecule has 5 atom stereocenters. The van der Waals surface area contributed by atoms with E-state index < -0.39 is 6.04 Å². The highest BCUT2D eigenvalue weighted by Gasteiger charge is 2.53. The second-order valence-corrected chi connectivity index (χ2v) is 11.3. The Bertz CT molecular complexity index is 1110. The molecule has 2 aromatic rings. The normalized spacial score (nSPS) is 26.6. The van der Waals surface area contributed by atoms with Crippen molar-refractivity contribution in [1.29, 1.82) is 0 Å². The molecule has 2 saturated heterocycles. The fourth-order valence-corrected chi connectivity index (χ4v) is 6.84. The van der Waals surface area contributed by atoms with E-state index >= 15 is 0 Å². The van der Waals surface area contributed by atoms with E-state index in [1.807, 2.05) is 26.1 Å². The largest absolute Gasteiger partial charge is 0.361 e. The molecule has 0 spiro atoms. The van der Waals surface area contributed by atoms with Gasteiger partial charge in [0.25, 0.3) is 0 Å². The number of likely N-dealkylation sites (tertiary alicyclic amines) is 2. The van der Waals surface area contributed by atoms with E-state index in [1.165, 1.54) is 31.7 Å². The third-order valence-electron chi connectivity index (χ3n) is 8.87. The van der Waals surface area contributed by atoms with Crippen molar-refractivity contribution in [3.05, 3.63) is 35.8 Å². The minimum absolute atomic E-state index is 0.0123. The number of nitrogens with zero attached hydrogens (tertiary/aromatic N) is 2. The lowest BCUT2D eigenvalue weighted by molar-refractivity contribution is -0.139. The van der Waals surface area contributed by atoms with Gasteiger partial charge < -0.3 is 20.5 Å². The first kappa shape index (κ1) is 25.2. The van der Waals surface area contributed by atoms with Gasteiger partial charge in [0.2, 0.25) is 11.8 Å². The van der Waals surface area contributed by atoms with Crippen LogP contribution >= 0.6 is 0 Å². The molecule has 3 aliphatic rings. The van der Waals surface area contributed by atoms with Crippen molar-refractivity contribution in [3.63, 3.8) is 0 Å². The van der Waals surface area contributed by atoms with Crippen LogP contribution in [0.2, 0.25) is 0 Å². The van der Waals surface area contributed by atoms with Gasteiger partial charge in [0, 0.05) is 48.2 Å². The fourth-order valence-electron chi connectivity index (χ4n) is 6.84. The van der Waals surface area contributed by atoms with Gasteiger partial charge in [-0.2, -0.15) is 0 Å². The van der Waals surface area contributed by atoms with Crippen LogP contribution in [0.15, 0.2) is 24.4 Å². The summed E-state index contributed by atoms with van der Waals surface area (Å²) >= 11 is 0. The Balaban J connectivity index is 1.48. The first-order chi connectivity index (χ1) is 17.3. The highest BCUT2D eigenvalue weighted by Crippen LogP contribution is 2.46. The summed E-state index contributed by atoms with van der Waals surface area (Å²) in [6.45, 7) is 7.39. The Labute approximate surface area is 213 Å². The van der Waals surface area contributed by atoms with Crippen LogP contribution in [0.3, 0.4) is 0 Å². The average Bonchev–Trinajstić information content (AvgIpc) is 3.64. The smallest absolute Gasteiger partial charge is 0.245 e. The van der Waals surface area contributed by atoms with Gasteiger partial charge in [0.15, 0.2) is 0 Å². The summed E-state index contributed by atoms with van der Waals surface area (Å²) in [7, 11) is 1.75. The Morgan fingerprint density at radius 3 is 2.58 bits per heavy atom. The molecular formula is C28H40FN5O2. The minimum Gasteiger partial charge on any atom is -0.361 e. The maximum Gasteiger partial charge on any atom is 0.245 e. The van der Waals surface area contributed by atoms with E-state index in [0.717, 1.165) is 29.4 Å². The second kappa shape index (κ2) is 10.1. The third kappa shape index (κ3) is 4.43. The van der Waals surface area contributed by atoms with E-state index in [9.17, 15) is 14.0 Å². The number of nitrogens with one attached hydrogen (secondary N) is 3. The molecule has 0 bridgehead atoms. The number of carbonyl (C=O) groups excluding carboxylic acids is 2. The molecule has 3 fully saturated rings. The quantitative estimate of drug-likeness (QED) is 0.548. The van der Waals surface area contributed by atoms with Crippen molar-refractivity contribution in [2.75, 3.05) is 20.1 Å². The number of benzene rings is 1. The van der Waals surface area contributed by atoms with Crippen LogP contribution in [0, 0.1) is 11.7 Å². The first-order valence-corrected chi connectivity index (χ1v) is 13.6. The summed E-state index contributed by atoms with van der Waals surface area (Å²) < 4.78 is 13.9. The topological polar surface area (TPSA) is 80.5 Å². The minimum atomic E-state index is -0.565. The Kier molecular flexibility index (Phi) is 7.10. The summed E-state index contributed by atoms with van der Waals surface area (Å²) in [4.78, 5) is 34.7. The summed E-state index contributed by atoms with van der Waals surface area (Å²) in [5, 5.41) is 7.02. The van der Waals surface area contributed by atoms with Gasteiger partial charge >= 0.3 is 0 Å². The zero-order valence-electron chi connectivity index (χ0n) is 21.9. The molecule has 1 aliphatic carbocycles. The molecule has 7 nitrogen and oxygen atoms in total. The highest BCUT2D eigenvalue weighted by molar-refractivity contribution is 5.90. The molecule has 5 rings (SSSR count). The Morgan fingerprint density at radius 1 is 1.14 bits per heavy atom. The van der Waals surface area contributed by atoms with Gasteiger partial charge in [0.1, 0.15) is 11.9 Å². The van der Waals surface area contributed by atoms with Gasteiger partial charge in [-0.1, -0.05) is 26.7 Å². The van der Waals surface area contributed by atoms with Crippen molar-refractivity contribution in [3.8, 4) is 0 Å². The number of H-pyrrole nitrogens is 1. The van der Waals surface area contributed by atoms with Gasteiger partial charge in [-0.05, 0) is 62.9 Å². The molecule has 1 aromatic heterocycles. The van der Waals surface area contributed by atoms with Gasteiger partial charge in [-0.15, -0.1) is 0 Å². The monoisotopic (exact) mass is 497 g/mol. The van der Waals surface area contributed by atoms with Crippen molar-refractivity contribution in [2.24, 2.45) is 5.92 Å². The molecular weight excluding hydrogens is 457 g/mol. The summed E-state index contributed by atoms with van der Waals surface area (Å²) in [6.07, 6.45) is 7.94. The van der Waals surface area contributed by atoms with Gasteiger partial charge in [-0.3, -0.25) is 14.5 Å². The molecule has 1 saturated carbocycles. The standard InChI is InChI=1S/C28H40FN5O2/c1-16(2)25(32-27(35)17(3)30-4)28(36)33-12-11-24-26(33)22(15-34(24)19-7-5-6-8-19)21-14-31-23-13-18(29)9-10-20(21)23/h9-10,13-14,16-17,19,22,24-26,30-31H,5-8,11-12,15H2,1-4H3,(H,32,35)/t17-,22-,24+,25-,26+/m0/s1. The number of aromatic nitrogens is 1. The number of halogens is 1. The van der Waals surface area contributed by atoms with Crippen molar-refractivity contribution >= 4 is 22.7 Å². The lowest BCUT2D eigenvalue weighted by atomic mass is 9.90. The van der Waals surface area contributed by atoms with Crippen LogP contribution in [-0.2, 0) is 9.59 Å². The SMILES string of the molecule is CN[C@@H](C)C(=O)N[C@H](C(=O)N1CC[C@@H]2[C@H]1[C@H](c1c[nH]c3cc(F)ccc13)CN2C1CCCC1)C(C)C. The third-order valence-corrected chi connectivity index (χ3v) is 8.87. The number of likely N-dealkylation sites (N-methyl/N-ethyl adjacent to an activating group) is 1. The molecule has 8 heteroatoms. The molecule has 0 radical (unpaired) electrons. The highest BCUT2D eigenvalue weighted by atomic mass is 19.1. The summed E-state index contributed by atoms with van der Waals surface area (Å²) in [5.74, 6) is -0.281. The van der Waals surface area contributed by atoms with E-state index in [2.05, 4.69) is 25.4 Å². The maximum absolute atomic E-state index is 14.0. The fraction of sp³-hybridized carbons (Fsp3) is 0.643. The van der Waals surface area contributed by atoms with Gasteiger partial charge in [-0.25, -0.2) is 4.39 Å². The summed E-state index contributed by atoms with van der Waals surface area (Å²) in [5.41, 5.74) is 1.96. The molecule has 2 aliphatic heterocycles. The molecule has 36 heavy (non-hydrogen) atoms. The van der Waals surface area contributed by atoms with Crippen LogP contribution in [-0.4, -0.2) is 76.9 Å². The Morgan fingerprint density at radius 2 is 1.89 bits per heavy atom. The van der Waals surface area contributed by atoms with Crippen LogP contribution in [0.25, 0.3) is 10.9 Å². The lowest BCUT2D eigenvalue weighted by Gasteiger charge is -2.34. The molecule has 3 heterocycles. The van der Waals surface area contributed by atoms with Crippen molar-refractivity contribution < 1.29 is 14.0 Å². The van der Waals surface area contributed by atoms with E-state index in [4.69, 9.17) is 0 Å². The first-order valence-electron chi connectivity index (χ1n) is 13.6. The predicted molar refractivity (Wildman–Crippen MR) is 139 cm³/mol. The molecule has 3 N–H and O–H groups in total. The number of fused-ring (bicyclic) bond motifs is 2. The number of hydrogen-bond donors (Lipinski definition) is 3. The van der Waals surface area contributed by atoms with Crippen LogP contribution in [0.1, 0.15) is 64.4 Å². The van der Waals surface area contributed by atoms with Crippen LogP contribution in [0.5, 0.6) is 0 Å². The zero-order chi connectivity index (χ0) is 25.6. The number of hydrogen-bond acceptors (Lipinski definition) is 4. The van der Waals surface area contributed by atoms with Crippen molar-refractivity contribution in [2.45, 2.75) is 89.0 Å². The van der Waals surface area contributed by atoms with Crippen LogP contribution in [0.4, 0.5) is 4.39 Å². The second-order valence-electron chi connectivity index (χ2n) is 11.3. The molecule has 2 amide bonds. The molecule has 196 valence electrons. The number of carbonyl (C=O) groups is 2. The molecule has 1 aromatic carbocycles. The molecule has 0 unspecified atom stereocenters. The Hall–Kier alpha value is -2.45.